The van der Waals surface area contributed by atoms with Gasteiger partial charge in [-0.2, -0.15) is 0 Å². The standard InChI is InChI=1S/C5H12O3S.Na/c1-5(2)3-4-9(6,7)8;/h5H,3-4H2,1-2H3,(H,6,7,8);/q;+1/p-1. The van der Waals surface area contributed by atoms with Gasteiger partial charge in [0.05, 0.1) is 10.1 Å². The van der Waals surface area contributed by atoms with E-state index in [0.29, 0.717) is 6.42 Å². The van der Waals surface area contributed by atoms with Crippen molar-refractivity contribution in [2.45, 2.75) is 20.3 Å². The molecular formula is C5H11NaO3S. The summed E-state index contributed by atoms with van der Waals surface area (Å²) in [7, 11) is -3.97. The van der Waals surface area contributed by atoms with E-state index in [9.17, 15) is 13.0 Å². The Morgan fingerprint density at radius 3 is 1.90 bits per heavy atom. The van der Waals surface area contributed by atoms with Crippen molar-refractivity contribution in [1.29, 1.82) is 0 Å². The summed E-state index contributed by atoms with van der Waals surface area (Å²) < 4.78 is 29.9. The predicted octanol–water partition coefficient (Wildman–Crippen LogP) is -2.42. The summed E-state index contributed by atoms with van der Waals surface area (Å²) in [5, 5.41) is 0. The van der Waals surface area contributed by atoms with E-state index in [-0.39, 0.29) is 41.2 Å². The molecule has 0 saturated carbocycles. The summed E-state index contributed by atoms with van der Waals surface area (Å²) in [5.74, 6) is 0.0544. The van der Waals surface area contributed by atoms with E-state index in [1.165, 1.54) is 0 Å². The topological polar surface area (TPSA) is 57.2 Å². The zero-order valence-corrected chi connectivity index (χ0v) is 9.44. The van der Waals surface area contributed by atoms with Crippen LogP contribution in [0.3, 0.4) is 0 Å². The Morgan fingerprint density at radius 2 is 1.80 bits per heavy atom. The van der Waals surface area contributed by atoms with Gasteiger partial charge in [-0.3, -0.25) is 0 Å². The second-order valence-electron chi connectivity index (χ2n) is 2.44. The van der Waals surface area contributed by atoms with Crippen LogP contribution in [0.5, 0.6) is 0 Å². The van der Waals surface area contributed by atoms with E-state index < -0.39 is 10.1 Å². The fourth-order valence-corrected chi connectivity index (χ4v) is 1.14. The monoisotopic (exact) mass is 174 g/mol. The molecule has 0 rings (SSSR count). The van der Waals surface area contributed by atoms with Crippen LogP contribution in [0.4, 0.5) is 0 Å². The van der Waals surface area contributed by atoms with Crippen LogP contribution >= 0.6 is 0 Å². The molecule has 0 aromatic heterocycles. The third-order valence-corrected chi connectivity index (χ3v) is 1.68. The van der Waals surface area contributed by atoms with E-state index in [4.69, 9.17) is 0 Å². The van der Waals surface area contributed by atoms with Crippen LogP contribution in [0.2, 0.25) is 0 Å². The van der Waals surface area contributed by atoms with Gasteiger partial charge in [-0.05, 0) is 12.3 Å². The molecule has 0 aliphatic heterocycles. The van der Waals surface area contributed by atoms with Gasteiger partial charge in [0.25, 0.3) is 0 Å². The molecule has 0 N–H and O–H groups in total. The molecule has 0 heterocycles. The number of hydrogen-bond acceptors (Lipinski definition) is 3. The van der Waals surface area contributed by atoms with Crippen molar-refractivity contribution >= 4 is 10.1 Å². The smallest absolute Gasteiger partial charge is 0.748 e. The van der Waals surface area contributed by atoms with Crippen LogP contribution in [0.15, 0.2) is 0 Å². The molecule has 0 aromatic carbocycles. The second kappa shape index (κ2) is 5.55. The third-order valence-electron chi connectivity index (χ3n) is 0.945. The zero-order chi connectivity index (χ0) is 7.49. The van der Waals surface area contributed by atoms with E-state index >= 15 is 0 Å². The Morgan fingerprint density at radius 1 is 1.40 bits per heavy atom. The SMILES string of the molecule is CC(C)CCS(=O)(=O)[O-].[Na+]. The third kappa shape index (κ3) is 11.7. The average Bonchev–Trinajstić information content (AvgIpc) is 1.59. The first-order valence-electron chi connectivity index (χ1n) is 2.85. The Labute approximate surface area is 84.2 Å². The summed E-state index contributed by atoms with van der Waals surface area (Å²) in [6.45, 7) is 3.76. The fourth-order valence-electron chi connectivity index (χ4n) is 0.380. The molecule has 0 atom stereocenters. The van der Waals surface area contributed by atoms with Gasteiger partial charge in [0, 0.05) is 5.75 Å². The summed E-state index contributed by atoms with van der Waals surface area (Å²) in [6.07, 6.45) is 0.464. The summed E-state index contributed by atoms with van der Waals surface area (Å²) in [5.41, 5.74) is 0. The van der Waals surface area contributed by atoms with Gasteiger partial charge in [-0.25, -0.2) is 8.42 Å². The molecule has 0 aromatic rings. The average molecular weight is 174 g/mol. The maximum atomic E-state index is 9.98. The van der Waals surface area contributed by atoms with E-state index in [1.807, 2.05) is 13.8 Å². The minimum absolute atomic E-state index is 0. The zero-order valence-electron chi connectivity index (χ0n) is 6.62. The Bertz CT molecular complexity index is 162. The van der Waals surface area contributed by atoms with Crippen molar-refractivity contribution < 1.29 is 42.5 Å². The first-order chi connectivity index (χ1) is 3.92. The van der Waals surface area contributed by atoms with Crippen LogP contribution in [-0.4, -0.2) is 18.7 Å². The molecule has 10 heavy (non-hydrogen) atoms. The molecule has 56 valence electrons. The fraction of sp³-hybridized carbons (Fsp3) is 1.00. The first-order valence-corrected chi connectivity index (χ1v) is 4.43. The van der Waals surface area contributed by atoms with Crippen LogP contribution in [-0.2, 0) is 10.1 Å². The van der Waals surface area contributed by atoms with Crippen LogP contribution in [0.1, 0.15) is 20.3 Å². The summed E-state index contributed by atoms with van der Waals surface area (Å²) in [4.78, 5) is 0. The van der Waals surface area contributed by atoms with Crippen molar-refractivity contribution in [3.8, 4) is 0 Å². The van der Waals surface area contributed by atoms with E-state index in [0.717, 1.165) is 0 Å². The molecule has 0 fully saturated rings. The molecule has 0 unspecified atom stereocenters. The minimum atomic E-state index is -3.97. The Balaban J connectivity index is 0. The van der Waals surface area contributed by atoms with E-state index in [1.54, 1.807) is 0 Å². The van der Waals surface area contributed by atoms with Crippen LogP contribution in [0.25, 0.3) is 0 Å². The van der Waals surface area contributed by atoms with Crippen LogP contribution < -0.4 is 29.6 Å². The summed E-state index contributed by atoms with van der Waals surface area (Å²) >= 11 is 0. The maximum absolute atomic E-state index is 9.98. The Kier molecular flexibility index (Phi) is 7.49. The molecule has 0 aliphatic rings. The van der Waals surface area contributed by atoms with Gasteiger partial charge in [0.2, 0.25) is 0 Å². The van der Waals surface area contributed by atoms with Gasteiger partial charge in [0.1, 0.15) is 0 Å². The molecule has 3 nitrogen and oxygen atoms in total. The molecule has 0 amide bonds. The van der Waals surface area contributed by atoms with Gasteiger partial charge in [0.15, 0.2) is 0 Å². The van der Waals surface area contributed by atoms with E-state index in [2.05, 4.69) is 0 Å². The first kappa shape index (κ1) is 13.5. The van der Waals surface area contributed by atoms with Crippen molar-refractivity contribution in [3.05, 3.63) is 0 Å². The minimum Gasteiger partial charge on any atom is -0.748 e. The molecule has 0 spiro atoms. The number of rotatable bonds is 3. The molecule has 0 saturated heterocycles. The molecular weight excluding hydrogens is 163 g/mol. The second-order valence-corrected chi connectivity index (χ2v) is 3.97. The molecule has 0 aliphatic carbocycles. The quantitative estimate of drug-likeness (QED) is 0.353. The normalized spacial score (nSPS) is 11.2. The largest absolute Gasteiger partial charge is 1.00 e. The maximum Gasteiger partial charge on any atom is 1.00 e. The summed E-state index contributed by atoms with van der Waals surface area (Å²) in [6, 6.07) is 0. The van der Waals surface area contributed by atoms with Crippen molar-refractivity contribution in [2.24, 2.45) is 5.92 Å². The molecule has 5 heteroatoms. The van der Waals surface area contributed by atoms with Gasteiger partial charge in [-0.15, -0.1) is 0 Å². The van der Waals surface area contributed by atoms with Crippen molar-refractivity contribution in [3.63, 3.8) is 0 Å². The van der Waals surface area contributed by atoms with Gasteiger partial charge >= 0.3 is 29.6 Å². The van der Waals surface area contributed by atoms with Gasteiger partial charge < -0.3 is 4.55 Å². The molecule has 0 bridgehead atoms. The predicted molar refractivity (Wildman–Crippen MR) is 34.0 cm³/mol. The van der Waals surface area contributed by atoms with Crippen LogP contribution in [0, 0.1) is 5.92 Å². The van der Waals surface area contributed by atoms with Crippen molar-refractivity contribution in [1.82, 2.24) is 0 Å². The van der Waals surface area contributed by atoms with Crippen molar-refractivity contribution in [2.75, 3.05) is 5.75 Å². The van der Waals surface area contributed by atoms with Gasteiger partial charge in [-0.1, -0.05) is 13.8 Å². The number of hydrogen-bond donors (Lipinski definition) is 0. The molecule has 0 radical (unpaired) electrons. The Hall–Kier alpha value is 0.910.